The van der Waals surface area contributed by atoms with Gasteiger partial charge in [-0.05, 0) is 24.6 Å². The number of aryl methyl sites for hydroxylation is 1. The maximum Gasteiger partial charge on any atom is 0.240 e. The lowest BCUT2D eigenvalue weighted by molar-refractivity contribution is 0.585. The van der Waals surface area contributed by atoms with Crippen LogP contribution in [0, 0.1) is 6.92 Å². The molecule has 1 aromatic carbocycles. The Hall–Kier alpha value is -0.650. The molecule has 0 unspecified atom stereocenters. The SMILES string of the molecule is C=C(Br)CNS(=O)(=O)c1cccc(C)c1. The Balaban J connectivity index is 2.91. The summed E-state index contributed by atoms with van der Waals surface area (Å²) in [4.78, 5) is 0.274. The molecule has 82 valence electrons. The molecule has 15 heavy (non-hydrogen) atoms. The second kappa shape index (κ2) is 4.92. The van der Waals surface area contributed by atoms with Crippen molar-refractivity contribution >= 4 is 26.0 Å². The molecule has 0 bridgehead atoms. The zero-order chi connectivity index (χ0) is 11.5. The van der Waals surface area contributed by atoms with E-state index in [0.717, 1.165) is 5.56 Å². The average molecular weight is 290 g/mol. The van der Waals surface area contributed by atoms with Crippen molar-refractivity contribution in [2.45, 2.75) is 11.8 Å². The van der Waals surface area contributed by atoms with Crippen LogP contribution in [0.4, 0.5) is 0 Å². The summed E-state index contributed by atoms with van der Waals surface area (Å²) in [6.45, 7) is 5.60. The van der Waals surface area contributed by atoms with Crippen LogP contribution in [0.3, 0.4) is 0 Å². The summed E-state index contributed by atoms with van der Waals surface area (Å²) in [5.74, 6) is 0. The lowest BCUT2D eigenvalue weighted by atomic mass is 10.2. The maximum atomic E-state index is 11.7. The van der Waals surface area contributed by atoms with Crippen LogP contribution in [-0.2, 0) is 10.0 Å². The van der Waals surface area contributed by atoms with Crippen LogP contribution in [0.1, 0.15) is 5.56 Å². The molecule has 0 amide bonds. The number of halogens is 1. The zero-order valence-electron chi connectivity index (χ0n) is 8.33. The van der Waals surface area contributed by atoms with Gasteiger partial charge in [-0.2, -0.15) is 0 Å². The van der Waals surface area contributed by atoms with Crippen molar-refractivity contribution in [3.63, 3.8) is 0 Å². The van der Waals surface area contributed by atoms with Gasteiger partial charge in [-0.1, -0.05) is 34.6 Å². The molecule has 0 radical (unpaired) electrons. The van der Waals surface area contributed by atoms with Crippen molar-refractivity contribution in [1.82, 2.24) is 4.72 Å². The van der Waals surface area contributed by atoms with E-state index in [1.165, 1.54) is 0 Å². The highest BCUT2D eigenvalue weighted by Crippen LogP contribution is 2.11. The first-order chi connectivity index (χ1) is 6.92. The van der Waals surface area contributed by atoms with E-state index in [9.17, 15) is 8.42 Å². The Morgan fingerprint density at radius 1 is 1.53 bits per heavy atom. The molecule has 0 aliphatic heterocycles. The molecule has 0 saturated carbocycles. The Morgan fingerprint density at radius 3 is 2.73 bits per heavy atom. The van der Waals surface area contributed by atoms with Crippen molar-refractivity contribution in [2.24, 2.45) is 0 Å². The van der Waals surface area contributed by atoms with Crippen LogP contribution in [0.15, 0.2) is 40.2 Å². The van der Waals surface area contributed by atoms with Crippen LogP contribution < -0.4 is 4.72 Å². The third kappa shape index (κ3) is 3.77. The van der Waals surface area contributed by atoms with Crippen LogP contribution in [-0.4, -0.2) is 15.0 Å². The highest BCUT2D eigenvalue weighted by molar-refractivity contribution is 9.11. The monoisotopic (exact) mass is 289 g/mol. The highest BCUT2D eigenvalue weighted by Gasteiger charge is 2.12. The predicted molar refractivity (Wildman–Crippen MR) is 64.4 cm³/mol. The molecule has 1 N–H and O–H groups in total. The normalized spacial score (nSPS) is 11.3. The summed E-state index contributed by atoms with van der Waals surface area (Å²) in [6, 6.07) is 6.75. The molecule has 1 aromatic rings. The first-order valence-corrected chi connectivity index (χ1v) is 6.59. The standard InChI is InChI=1S/C10H12BrNO2S/c1-8-4-3-5-10(6-8)15(13,14)12-7-9(2)11/h3-6,12H,2,7H2,1H3. The van der Waals surface area contributed by atoms with Crippen molar-refractivity contribution in [3.8, 4) is 0 Å². The molecule has 3 nitrogen and oxygen atoms in total. The van der Waals surface area contributed by atoms with E-state index in [2.05, 4.69) is 27.2 Å². The molecule has 1 rings (SSSR count). The van der Waals surface area contributed by atoms with E-state index in [-0.39, 0.29) is 11.4 Å². The number of sulfonamides is 1. The van der Waals surface area contributed by atoms with Gasteiger partial charge in [-0.15, -0.1) is 0 Å². The molecule has 0 heterocycles. The Bertz CT molecular complexity index is 468. The molecule has 5 heteroatoms. The minimum Gasteiger partial charge on any atom is -0.207 e. The predicted octanol–water partition coefficient (Wildman–Crippen LogP) is 2.18. The first-order valence-electron chi connectivity index (χ1n) is 4.31. The van der Waals surface area contributed by atoms with Crippen molar-refractivity contribution < 1.29 is 8.42 Å². The molecular weight excluding hydrogens is 278 g/mol. The average Bonchev–Trinajstić information content (AvgIpc) is 2.15. The molecule has 0 aromatic heterocycles. The summed E-state index contributed by atoms with van der Waals surface area (Å²) in [7, 11) is -3.42. The Kier molecular flexibility index (Phi) is 4.07. The first kappa shape index (κ1) is 12.4. The smallest absolute Gasteiger partial charge is 0.207 e. The summed E-state index contributed by atoms with van der Waals surface area (Å²) in [5.41, 5.74) is 0.913. The minimum atomic E-state index is -3.42. The Morgan fingerprint density at radius 2 is 2.20 bits per heavy atom. The third-order valence-electron chi connectivity index (χ3n) is 1.75. The van der Waals surface area contributed by atoms with E-state index < -0.39 is 10.0 Å². The van der Waals surface area contributed by atoms with Gasteiger partial charge in [0.25, 0.3) is 0 Å². The van der Waals surface area contributed by atoms with Crippen LogP contribution in [0.5, 0.6) is 0 Å². The Labute approximate surface area is 98.4 Å². The van der Waals surface area contributed by atoms with Gasteiger partial charge in [-0.25, -0.2) is 13.1 Å². The van der Waals surface area contributed by atoms with Gasteiger partial charge in [0.1, 0.15) is 0 Å². The minimum absolute atomic E-state index is 0.191. The summed E-state index contributed by atoms with van der Waals surface area (Å²) in [6.07, 6.45) is 0. The van der Waals surface area contributed by atoms with Crippen molar-refractivity contribution in [2.75, 3.05) is 6.54 Å². The topological polar surface area (TPSA) is 46.2 Å². The van der Waals surface area contributed by atoms with Gasteiger partial charge >= 0.3 is 0 Å². The van der Waals surface area contributed by atoms with Gasteiger partial charge < -0.3 is 0 Å². The molecule has 0 spiro atoms. The molecular formula is C10H12BrNO2S. The number of hydrogen-bond donors (Lipinski definition) is 1. The second-order valence-electron chi connectivity index (χ2n) is 3.16. The fraction of sp³-hybridized carbons (Fsp3) is 0.200. The molecule has 0 atom stereocenters. The van der Waals surface area contributed by atoms with E-state index in [4.69, 9.17) is 0 Å². The maximum absolute atomic E-state index is 11.7. The molecule has 0 aliphatic carbocycles. The molecule has 0 fully saturated rings. The van der Waals surface area contributed by atoms with E-state index in [1.54, 1.807) is 18.2 Å². The van der Waals surface area contributed by atoms with E-state index in [0.29, 0.717) is 4.48 Å². The van der Waals surface area contributed by atoms with Gasteiger partial charge in [0.2, 0.25) is 10.0 Å². The largest absolute Gasteiger partial charge is 0.240 e. The number of benzene rings is 1. The van der Waals surface area contributed by atoms with Gasteiger partial charge in [0.05, 0.1) is 4.90 Å². The molecule has 0 aliphatic rings. The lowest BCUT2D eigenvalue weighted by Crippen LogP contribution is -2.24. The van der Waals surface area contributed by atoms with E-state index in [1.807, 2.05) is 13.0 Å². The van der Waals surface area contributed by atoms with Crippen molar-refractivity contribution in [1.29, 1.82) is 0 Å². The van der Waals surface area contributed by atoms with Crippen molar-refractivity contribution in [3.05, 3.63) is 40.9 Å². The summed E-state index contributed by atoms with van der Waals surface area (Å²) in [5, 5.41) is 0. The van der Waals surface area contributed by atoms with E-state index >= 15 is 0 Å². The van der Waals surface area contributed by atoms with Crippen LogP contribution in [0.2, 0.25) is 0 Å². The second-order valence-corrected chi connectivity index (χ2v) is 6.05. The zero-order valence-corrected chi connectivity index (χ0v) is 10.7. The fourth-order valence-electron chi connectivity index (χ4n) is 1.04. The summed E-state index contributed by atoms with van der Waals surface area (Å²) >= 11 is 3.09. The highest BCUT2D eigenvalue weighted by atomic mass is 79.9. The van der Waals surface area contributed by atoms with Gasteiger partial charge in [0, 0.05) is 11.0 Å². The quantitative estimate of drug-likeness (QED) is 0.924. The van der Waals surface area contributed by atoms with Crippen LogP contribution >= 0.6 is 15.9 Å². The van der Waals surface area contributed by atoms with Gasteiger partial charge in [0.15, 0.2) is 0 Å². The van der Waals surface area contributed by atoms with Gasteiger partial charge in [-0.3, -0.25) is 0 Å². The fourth-order valence-corrected chi connectivity index (χ4v) is 2.49. The number of rotatable bonds is 4. The summed E-state index contributed by atoms with van der Waals surface area (Å²) < 4.78 is 26.5. The van der Waals surface area contributed by atoms with Crippen LogP contribution in [0.25, 0.3) is 0 Å². The molecule has 0 saturated heterocycles. The number of nitrogens with one attached hydrogen (secondary N) is 1. The lowest BCUT2D eigenvalue weighted by Gasteiger charge is -2.06. The number of hydrogen-bond acceptors (Lipinski definition) is 2. The third-order valence-corrected chi connectivity index (χ3v) is 3.43.